The topological polar surface area (TPSA) is 52.6 Å². The zero-order valence-corrected chi connectivity index (χ0v) is 14.0. The van der Waals surface area contributed by atoms with Gasteiger partial charge in [-0.25, -0.2) is 9.59 Å². The molecule has 0 amide bonds. The Morgan fingerprint density at radius 3 is 2.30 bits per heavy atom. The number of hydrogen-bond acceptors (Lipinski definition) is 4. The third kappa shape index (κ3) is 5.07. The highest BCUT2D eigenvalue weighted by atomic mass is 79.9. The summed E-state index contributed by atoms with van der Waals surface area (Å²) in [6.45, 7) is 0. The van der Waals surface area contributed by atoms with Gasteiger partial charge in [0.15, 0.2) is 0 Å². The van der Waals surface area contributed by atoms with Crippen LogP contribution in [0.5, 0.6) is 0 Å². The molecule has 2 rings (SSSR count). The van der Waals surface area contributed by atoms with Crippen LogP contribution in [0.2, 0.25) is 0 Å². The minimum atomic E-state index is -1.10. The molecule has 0 aromatic heterocycles. The first-order valence-corrected chi connectivity index (χ1v) is 7.67. The van der Waals surface area contributed by atoms with Crippen LogP contribution in [0.4, 0.5) is 0 Å². The van der Waals surface area contributed by atoms with E-state index in [4.69, 9.17) is 4.74 Å². The van der Waals surface area contributed by atoms with Crippen molar-refractivity contribution in [3.8, 4) is 0 Å². The lowest BCUT2D eigenvalue weighted by atomic mass is 10.2. The molecule has 0 spiro atoms. The lowest BCUT2D eigenvalue weighted by Crippen LogP contribution is -2.26. The van der Waals surface area contributed by atoms with E-state index in [0.29, 0.717) is 5.56 Å². The van der Waals surface area contributed by atoms with E-state index in [-0.39, 0.29) is 0 Å². The fraction of sp³-hybridized carbons (Fsp3) is 0.111. The van der Waals surface area contributed by atoms with Crippen LogP contribution in [0.1, 0.15) is 15.9 Å². The molecule has 2 aromatic carbocycles. The summed E-state index contributed by atoms with van der Waals surface area (Å²) in [6, 6.07) is 16.1. The Hall–Kier alpha value is -2.40. The van der Waals surface area contributed by atoms with Gasteiger partial charge in [0.2, 0.25) is 6.10 Å². The van der Waals surface area contributed by atoms with E-state index in [1.165, 1.54) is 13.2 Å². The van der Waals surface area contributed by atoms with Crippen molar-refractivity contribution in [1.29, 1.82) is 0 Å². The monoisotopic (exact) mass is 374 g/mol. The van der Waals surface area contributed by atoms with Crippen LogP contribution in [0.25, 0.3) is 6.08 Å². The van der Waals surface area contributed by atoms with Crippen molar-refractivity contribution in [3.63, 3.8) is 0 Å². The van der Waals surface area contributed by atoms with Gasteiger partial charge in [0.25, 0.3) is 0 Å². The Bertz CT molecular complexity index is 693. The van der Waals surface area contributed by atoms with Gasteiger partial charge in [-0.05, 0) is 35.9 Å². The normalized spacial score (nSPS) is 11.9. The van der Waals surface area contributed by atoms with Gasteiger partial charge in [0.1, 0.15) is 0 Å². The molecule has 0 N–H and O–H groups in total. The van der Waals surface area contributed by atoms with Gasteiger partial charge in [-0.2, -0.15) is 0 Å². The number of halogens is 1. The molecule has 1 atom stereocenters. The van der Waals surface area contributed by atoms with E-state index in [2.05, 4.69) is 20.7 Å². The molecule has 5 heteroatoms. The summed E-state index contributed by atoms with van der Waals surface area (Å²) in [7, 11) is 1.25. The zero-order valence-electron chi connectivity index (χ0n) is 12.4. The maximum absolute atomic E-state index is 12.1. The number of hydrogen-bond donors (Lipinski definition) is 0. The zero-order chi connectivity index (χ0) is 16.7. The highest BCUT2D eigenvalue weighted by molar-refractivity contribution is 9.10. The first-order chi connectivity index (χ1) is 11.1. The van der Waals surface area contributed by atoms with Crippen LogP contribution >= 0.6 is 15.9 Å². The second-order valence-electron chi connectivity index (χ2n) is 4.63. The van der Waals surface area contributed by atoms with E-state index < -0.39 is 18.0 Å². The summed E-state index contributed by atoms with van der Waals surface area (Å²) in [5, 5.41) is 0. The van der Waals surface area contributed by atoms with Gasteiger partial charge in [-0.15, -0.1) is 0 Å². The predicted octanol–water partition coefficient (Wildman–Crippen LogP) is 3.86. The minimum Gasteiger partial charge on any atom is -0.466 e. The van der Waals surface area contributed by atoms with E-state index in [9.17, 15) is 9.59 Å². The molecule has 0 aliphatic carbocycles. The van der Waals surface area contributed by atoms with Crippen LogP contribution in [0, 0.1) is 0 Å². The number of methoxy groups -OCH3 is 1. The number of carbonyl (C=O) groups is 2. The molecule has 0 unspecified atom stereocenters. The van der Waals surface area contributed by atoms with E-state index >= 15 is 0 Å². The van der Waals surface area contributed by atoms with Gasteiger partial charge in [0.05, 0.1) is 12.7 Å². The Kier molecular flexibility index (Phi) is 6.11. The summed E-state index contributed by atoms with van der Waals surface area (Å²) in [6.07, 6.45) is 2.10. The predicted molar refractivity (Wildman–Crippen MR) is 90.8 cm³/mol. The van der Waals surface area contributed by atoms with E-state index in [1.807, 2.05) is 30.3 Å². The maximum atomic E-state index is 12.1. The molecule has 4 nitrogen and oxygen atoms in total. The van der Waals surface area contributed by atoms with E-state index in [1.54, 1.807) is 30.3 Å². The fourth-order valence-electron chi connectivity index (χ4n) is 1.81. The lowest BCUT2D eigenvalue weighted by Gasteiger charge is -2.12. The summed E-state index contributed by atoms with van der Waals surface area (Å²) < 4.78 is 10.8. The first-order valence-electron chi connectivity index (χ1n) is 6.88. The van der Waals surface area contributed by atoms with Crippen molar-refractivity contribution in [2.24, 2.45) is 0 Å². The Balaban J connectivity index is 2.12. The van der Waals surface area contributed by atoms with Gasteiger partial charge >= 0.3 is 11.9 Å². The molecule has 0 saturated heterocycles. The van der Waals surface area contributed by atoms with Gasteiger partial charge in [-0.1, -0.05) is 52.3 Å². The molecule has 23 heavy (non-hydrogen) atoms. The summed E-state index contributed by atoms with van der Waals surface area (Å²) in [5.74, 6) is -1.23. The molecule has 118 valence electrons. The minimum absolute atomic E-state index is 0.357. The number of rotatable bonds is 5. The molecule has 0 aliphatic heterocycles. The highest BCUT2D eigenvalue weighted by Crippen LogP contribution is 2.13. The molecule has 0 fully saturated rings. The van der Waals surface area contributed by atoms with Gasteiger partial charge < -0.3 is 9.47 Å². The van der Waals surface area contributed by atoms with Crippen LogP contribution < -0.4 is 0 Å². The third-order valence-corrected chi connectivity index (χ3v) is 3.54. The highest BCUT2D eigenvalue weighted by Gasteiger charge is 2.21. The van der Waals surface area contributed by atoms with Crippen molar-refractivity contribution in [3.05, 3.63) is 76.3 Å². The number of ether oxygens (including phenoxy) is 2. The molecule has 0 aliphatic rings. The fourth-order valence-corrected chi connectivity index (χ4v) is 2.08. The standard InChI is InChI=1S/C18H15BrO4/c1-22-18(21)16(12-7-13-5-3-2-4-6-13)23-17(20)14-8-10-15(19)11-9-14/h2-12,16H,1H3/b12-7+/t16-/m1/s1. The molecule has 0 heterocycles. The Morgan fingerprint density at radius 2 is 1.70 bits per heavy atom. The maximum Gasteiger partial charge on any atom is 0.351 e. The largest absolute Gasteiger partial charge is 0.466 e. The van der Waals surface area contributed by atoms with Crippen molar-refractivity contribution < 1.29 is 19.1 Å². The van der Waals surface area contributed by atoms with Crippen molar-refractivity contribution >= 4 is 33.9 Å². The average Bonchev–Trinajstić information content (AvgIpc) is 2.59. The van der Waals surface area contributed by atoms with Crippen molar-refractivity contribution in [2.45, 2.75) is 6.10 Å². The number of carbonyl (C=O) groups excluding carboxylic acids is 2. The van der Waals surface area contributed by atoms with Crippen LogP contribution in [0.15, 0.2) is 65.1 Å². The SMILES string of the molecule is COC(=O)[C@@H](/C=C/c1ccccc1)OC(=O)c1ccc(Br)cc1. The number of esters is 2. The first kappa shape index (κ1) is 17.0. The molecule has 0 saturated carbocycles. The van der Waals surface area contributed by atoms with Gasteiger partial charge in [0, 0.05) is 4.47 Å². The van der Waals surface area contributed by atoms with Gasteiger partial charge in [-0.3, -0.25) is 0 Å². The summed E-state index contributed by atoms with van der Waals surface area (Å²) in [5.41, 5.74) is 1.25. The van der Waals surface area contributed by atoms with E-state index in [0.717, 1.165) is 10.0 Å². The number of benzene rings is 2. The second-order valence-corrected chi connectivity index (χ2v) is 5.54. The summed E-state index contributed by atoms with van der Waals surface area (Å²) in [4.78, 5) is 23.9. The van der Waals surface area contributed by atoms with Crippen LogP contribution in [-0.4, -0.2) is 25.2 Å². The molecule has 2 aromatic rings. The lowest BCUT2D eigenvalue weighted by molar-refractivity contribution is -0.148. The quantitative estimate of drug-likeness (QED) is 0.745. The Labute approximate surface area is 142 Å². The molecule has 0 radical (unpaired) electrons. The molecular weight excluding hydrogens is 360 g/mol. The smallest absolute Gasteiger partial charge is 0.351 e. The van der Waals surface area contributed by atoms with Crippen molar-refractivity contribution in [1.82, 2.24) is 0 Å². The molecular formula is C18H15BrO4. The van der Waals surface area contributed by atoms with Crippen LogP contribution in [-0.2, 0) is 14.3 Å². The second kappa shape index (κ2) is 8.29. The third-order valence-electron chi connectivity index (χ3n) is 3.01. The van der Waals surface area contributed by atoms with Crippen LogP contribution in [0.3, 0.4) is 0 Å². The average molecular weight is 375 g/mol. The van der Waals surface area contributed by atoms with Crippen molar-refractivity contribution in [2.75, 3.05) is 7.11 Å². The summed E-state index contributed by atoms with van der Waals surface area (Å²) >= 11 is 3.29. The Morgan fingerprint density at radius 1 is 1.04 bits per heavy atom. The molecule has 0 bridgehead atoms.